The first kappa shape index (κ1) is 9.93. The molecular formula is C10H17NO3. The lowest BCUT2D eigenvalue weighted by Gasteiger charge is -2.09. The molecule has 0 spiro atoms. The minimum absolute atomic E-state index is 0.0131. The van der Waals surface area contributed by atoms with Crippen molar-refractivity contribution in [2.24, 2.45) is 0 Å². The zero-order valence-corrected chi connectivity index (χ0v) is 8.57. The van der Waals surface area contributed by atoms with E-state index in [1.54, 1.807) is 0 Å². The van der Waals surface area contributed by atoms with Crippen LogP contribution in [0.2, 0.25) is 0 Å². The highest BCUT2D eigenvalue weighted by Gasteiger charge is 2.42. The minimum Gasteiger partial charge on any atom is -0.465 e. The Balaban J connectivity index is 1.68. The summed E-state index contributed by atoms with van der Waals surface area (Å²) in [6, 6.07) is 0.0131. The Hall–Kier alpha value is -0.610. The van der Waals surface area contributed by atoms with Crippen molar-refractivity contribution < 1.29 is 14.3 Å². The maximum absolute atomic E-state index is 11.3. The van der Waals surface area contributed by atoms with Gasteiger partial charge >= 0.3 is 5.97 Å². The van der Waals surface area contributed by atoms with Crippen molar-refractivity contribution in [3.05, 3.63) is 0 Å². The molecule has 0 radical (unpaired) electrons. The van der Waals surface area contributed by atoms with Crippen molar-refractivity contribution in [2.45, 2.75) is 31.9 Å². The van der Waals surface area contributed by atoms with Crippen molar-refractivity contribution in [1.29, 1.82) is 0 Å². The second-order valence-corrected chi connectivity index (χ2v) is 3.86. The predicted octanol–water partition coefficient (Wildman–Crippen LogP) is 0.413. The van der Waals surface area contributed by atoms with Gasteiger partial charge in [-0.3, -0.25) is 9.69 Å². The van der Waals surface area contributed by atoms with Gasteiger partial charge in [0.2, 0.25) is 0 Å². The molecule has 0 aromatic heterocycles. The molecule has 0 saturated carbocycles. The topological polar surface area (TPSA) is 38.5 Å². The van der Waals surface area contributed by atoms with E-state index in [1.807, 2.05) is 6.92 Å². The first-order valence-electron chi connectivity index (χ1n) is 5.33. The molecule has 0 aromatic rings. The van der Waals surface area contributed by atoms with Gasteiger partial charge in [-0.15, -0.1) is 0 Å². The van der Waals surface area contributed by atoms with Gasteiger partial charge in [0.25, 0.3) is 0 Å². The first-order valence-corrected chi connectivity index (χ1v) is 5.33. The van der Waals surface area contributed by atoms with Crippen molar-refractivity contribution in [2.75, 3.05) is 26.3 Å². The Morgan fingerprint density at radius 3 is 3.14 bits per heavy atom. The molecule has 80 valence electrons. The minimum atomic E-state index is -0.0782. The molecule has 14 heavy (non-hydrogen) atoms. The predicted molar refractivity (Wildman–Crippen MR) is 51.0 cm³/mol. The fourth-order valence-corrected chi connectivity index (χ4v) is 1.89. The zero-order valence-electron chi connectivity index (χ0n) is 8.57. The number of ether oxygens (including phenoxy) is 2. The van der Waals surface area contributed by atoms with Crippen molar-refractivity contribution in [3.63, 3.8) is 0 Å². The second-order valence-electron chi connectivity index (χ2n) is 3.86. The summed E-state index contributed by atoms with van der Waals surface area (Å²) in [5.41, 5.74) is 0. The van der Waals surface area contributed by atoms with Crippen LogP contribution in [0, 0.1) is 0 Å². The van der Waals surface area contributed by atoms with Crippen LogP contribution < -0.4 is 0 Å². The summed E-state index contributed by atoms with van der Waals surface area (Å²) in [4.78, 5) is 13.4. The molecule has 3 atom stereocenters. The van der Waals surface area contributed by atoms with E-state index >= 15 is 0 Å². The van der Waals surface area contributed by atoms with Crippen LogP contribution in [0.25, 0.3) is 0 Å². The van der Waals surface area contributed by atoms with E-state index in [2.05, 4.69) is 4.90 Å². The SMILES string of the molecule is CCOC(=O)C1CN1CC1CCCO1. The van der Waals surface area contributed by atoms with Gasteiger partial charge in [-0.25, -0.2) is 0 Å². The summed E-state index contributed by atoms with van der Waals surface area (Å²) in [7, 11) is 0. The van der Waals surface area contributed by atoms with Crippen molar-refractivity contribution in [1.82, 2.24) is 4.90 Å². The van der Waals surface area contributed by atoms with Crippen LogP contribution in [0.15, 0.2) is 0 Å². The molecule has 0 aliphatic carbocycles. The Bertz CT molecular complexity index is 213. The lowest BCUT2D eigenvalue weighted by molar-refractivity contribution is -0.143. The summed E-state index contributed by atoms with van der Waals surface area (Å²) in [5, 5.41) is 0. The average molecular weight is 199 g/mol. The molecule has 4 heteroatoms. The molecule has 2 saturated heterocycles. The molecular weight excluding hydrogens is 182 g/mol. The number of carbonyl (C=O) groups is 1. The van der Waals surface area contributed by atoms with Gasteiger partial charge in [0.05, 0.1) is 12.7 Å². The van der Waals surface area contributed by atoms with E-state index in [9.17, 15) is 4.79 Å². The van der Waals surface area contributed by atoms with Gasteiger partial charge in [-0.05, 0) is 19.8 Å². The summed E-state index contributed by atoms with van der Waals surface area (Å²) >= 11 is 0. The van der Waals surface area contributed by atoms with E-state index in [1.165, 1.54) is 0 Å². The molecule has 4 nitrogen and oxygen atoms in total. The quantitative estimate of drug-likeness (QED) is 0.485. The monoisotopic (exact) mass is 199 g/mol. The molecule has 3 unspecified atom stereocenters. The van der Waals surface area contributed by atoms with Crippen LogP contribution in [0.5, 0.6) is 0 Å². The maximum atomic E-state index is 11.3. The fourth-order valence-electron chi connectivity index (χ4n) is 1.89. The summed E-state index contributed by atoms with van der Waals surface area (Å²) in [6.45, 7) is 4.93. The van der Waals surface area contributed by atoms with E-state index in [-0.39, 0.29) is 12.0 Å². The van der Waals surface area contributed by atoms with E-state index in [4.69, 9.17) is 9.47 Å². The normalized spacial score (nSPS) is 35.6. The standard InChI is InChI=1S/C10H17NO3/c1-2-13-10(12)9-7-11(9)6-8-4-3-5-14-8/h8-9H,2-7H2,1H3. The highest BCUT2D eigenvalue weighted by molar-refractivity contribution is 5.79. The van der Waals surface area contributed by atoms with Crippen LogP contribution in [-0.4, -0.2) is 49.3 Å². The van der Waals surface area contributed by atoms with Crippen molar-refractivity contribution >= 4 is 5.97 Å². The average Bonchev–Trinajstić information content (AvgIpc) is 2.72. The highest BCUT2D eigenvalue weighted by atomic mass is 16.5. The second kappa shape index (κ2) is 4.28. The third-order valence-corrected chi connectivity index (χ3v) is 2.74. The summed E-state index contributed by atoms with van der Waals surface area (Å²) in [5.74, 6) is -0.0782. The first-order chi connectivity index (χ1) is 6.81. The number of carbonyl (C=O) groups excluding carboxylic acids is 1. The summed E-state index contributed by atoms with van der Waals surface area (Å²) < 4.78 is 10.4. The lowest BCUT2D eigenvalue weighted by Crippen LogP contribution is -2.23. The maximum Gasteiger partial charge on any atom is 0.324 e. The number of hydrogen-bond acceptors (Lipinski definition) is 4. The molecule has 0 amide bonds. The smallest absolute Gasteiger partial charge is 0.324 e. The van der Waals surface area contributed by atoms with E-state index < -0.39 is 0 Å². The van der Waals surface area contributed by atoms with Gasteiger partial charge in [0, 0.05) is 19.7 Å². The Morgan fingerprint density at radius 2 is 2.50 bits per heavy atom. The number of nitrogens with zero attached hydrogens (tertiary/aromatic N) is 1. The molecule has 2 fully saturated rings. The molecule has 0 N–H and O–H groups in total. The molecule has 2 aliphatic heterocycles. The highest BCUT2D eigenvalue weighted by Crippen LogP contribution is 2.23. The number of esters is 1. The molecule has 2 aliphatic rings. The molecule has 2 rings (SSSR count). The van der Waals surface area contributed by atoms with Crippen LogP contribution >= 0.6 is 0 Å². The largest absolute Gasteiger partial charge is 0.465 e. The van der Waals surface area contributed by atoms with Gasteiger partial charge in [-0.1, -0.05) is 0 Å². The van der Waals surface area contributed by atoms with Gasteiger partial charge in [-0.2, -0.15) is 0 Å². The Morgan fingerprint density at radius 1 is 1.64 bits per heavy atom. The van der Waals surface area contributed by atoms with E-state index in [0.29, 0.717) is 12.7 Å². The third-order valence-electron chi connectivity index (χ3n) is 2.74. The number of rotatable bonds is 4. The summed E-state index contributed by atoms with van der Waals surface area (Å²) in [6.07, 6.45) is 2.63. The Labute approximate surface area is 84.2 Å². The van der Waals surface area contributed by atoms with Crippen LogP contribution in [0.4, 0.5) is 0 Å². The van der Waals surface area contributed by atoms with E-state index in [0.717, 1.165) is 32.5 Å². The number of hydrogen-bond donors (Lipinski definition) is 0. The van der Waals surface area contributed by atoms with Crippen LogP contribution in [0.1, 0.15) is 19.8 Å². The van der Waals surface area contributed by atoms with Gasteiger partial charge in [0.1, 0.15) is 6.04 Å². The molecule has 0 aromatic carbocycles. The van der Waals surface area contributed by atoms with Gasteiger partial charge < -0.3 is 9.47 Å². The third kappa shape index (κ3) is 2.25. The van der Waals surface area contributed by atoms with Crippen LogP contribution in [0.3, 0.4) is 0 Å². The molecule has 2 heterocycles. The molecule has 0 bridgehead atoms. The van der Waals surface area contributed by atoms with Gasteiger partial charge in [0.15, 0.2) is 0 Å². The lowest BCUT2D eigenvalue weighted by atomic mass is 10.2. The zero-order chi connectivity index (χ0) is 9.97. The fraction of sp³-hybridized carbons (Fsp3) is 0.900. The van der Waals surface area contributed by atoms with Crippen molar-refractivity contribution in [3.8, 4) is 0 Å². The van der Waals surface area contributed by atoms with Crippen LogP contribution in [-0.2, 0) is 14.3 Å². The Kier molecular flexibility index (Phi) is 3.03.